The summed E-state index contributed by atoms with van der Waals surface area (Å²) in [4.78, 5) is 28.7. The number of aliphatic hydroxyl groups is 1. The van der Waals surface area contributed by atoms with E-state index in [9.17, 15) is 14.7 Å². The normalized spacial score (nSPS) is 19.5. The molecule has 0 spiro atoms. The third-order valence-electron chi connectivity index (χ3n) is 8.13. The minimum atomic E-state index is -1.72. The number of carbonyl (C=O) groups excluding carboxylic acids is 2. The Hall–Kier alpha value is -2.65. The second kappa shape index (κ2) is 8.48. The minimum Gasteiger partial charge on any atom is -0.388 e. The van der Waals surface area contributed by atoms with Gasteiger partial charge in [-0.25, -0.2) is 4.79 Å². The molecular formula is C26H39N5O3Si. The summed E-state index contributed by atoms with van der Waals surface area (Å²) < 4.78 is 0. The van der Waals surface area contributed by atoms with E-state index in [1.54, 1.807) is 18.7 Å². The molecule has 1 aromatic carbocycles. The van der Waals surface area contributed by atoms with Gasteiger partial charge >= 0.3 is 6.03 Å². The molecule has 8 nitrogen and oxygen atoms in total. The molecule has 35 heavy (non-hydrogen) atoms. The number of benzene rings is 1. The maximum absolute atomic E-state index is 13.5. The Labute approximate surface area is 208 Å². The van der Waals surface area contributed by atoms with Gasteiger partial charge in [0.1, 0.15) is 0 Å². The molecule has 4 rings (SSSR count). The fourth-order valence-corrected chi connectivity index (χ4v) is 8.13. The zero-order chi connectivity index (χ0) is 25.8. The number of hydrogen-bond donors (Lipinski definition) is 4. The summed E-state index contributed by atoms with van der Waals surface area (Å²) in [5.41, 5.74) is 0.657. The number of H-pyrrole nitrogens is 1. The first-order valence-corrected chi connectivity index (χ1v) is 15.9. The van der Waals surface area contributed by atoms with Crippen molar-refractivity contribution in [1.82, 2.24) is 20.4 Å². The number of rotatable bonds is 6. The van der Waals surface area contributed by atoms with Crippen LogP contribution in [0, 0.1) is 0 Å². The van der Waals surface area contributed by atoms with Gasteiger partial charge in [0.2, 0.25) is 5.91 Å². The monoisotopic (exact) mass is 497 g/mol. The number of aromatic amines is 1. The van der Waals surface area contributed by atoms with Crippen LogP contribution in [-0.4, -0.2) is 45.8 Å². The van der Waals surface area contributed by atoms with E-state index in [0.717, 1.165) is 36.1 Å². The van der Waals surface area contributed by atoms with E-state index in [0.29, 0.717) is 12.4 Å². The van der Waals surface area contributed by atoms with Crippen LogP contribution in [-0.2, 0) is 16.9 Å². The highest BCUT2D eigenvalue weighted by molar-refractivity contribution is 6.83. The third-order valence-corrected chi connectivity index (χ3v) is 11.7. The number of fused-ring (bicyclic) bond motifs is 1. The zero-order valence-corrected chi connectivity index (χ0v) is 23.0. The number of urea groups is 1. The number of carbonyl (C=O) groups is 2. The van der Waals surface area contributed by atoms with Crippen molar-refractivity contribution in [2.75, 3.05) is 5.32 Å². The van der Waals surface area contributed by atoms with Crippen molar-refractivity contribution in [1.29, 1.82) is 0 Å². The van der Waals surface area contributed by atoms with Crippen LogP contribution in [0.25, 0.3) is 0 Å². The van der Waals surface area contributed by atoms with Crippen LogP contribution in [0.2, 0.25) is 24.7 Å². The summed E-state index contributed by atoms with van der Waals surface area (Å²) in [6, 6.07) is 8.60. The largest absolute Gasteiger partial charge is 0.388 e. The number of hydrogen-bond acceptors (Lipinski definition) is 4. The van der Waals surface area contributed by atoms with Crippen molar-refractivity contribution in [2.45, 2.75) is 95.4 Å². The van der Waals surface area contributed by atoms with Gasteiger partial charge in [0.25, 0.3) is 0 Å². The number of aromatic nitrogens is 2. The molecule has 3 amide bonds. The molecule has 1 atom stereocenters. The summed E-state index contributed by atoms with van der Waals surface area (Å²) in [5, 5.41) is 24.2. The average Bonchev–Trinajstić information content (AvgIpc) is 3.22. The van der Waals surface area contributed by atoms with Crippen molar-refractivity contribution in [3.05, 3.63) is 47.2 Å². The van der Waals surface area contributed by atoms with Gasteiger partial charge in [-0.2, -0.15) is 5.10 Å². The van der Waals surface area contributed by atoms with Crippen LogP contribution in [0.1, 0.15) is 69.8 Å². The number of nitrogens with one attached hydrogen (secondary N) is 3. The van der Waals surface area contributed by atoms with Crippen molar-refractivity contribution in [3.8, 4) is 0 Å². The van der Waals surface area contributed by atoms with Gasteiger partial charge in [0, 0.05) is 10.6 Å². The smallest absolute Gasteiger partial charge is 0.319 e. The van der Waals surface area contributed by atoms with Crippen LogP contribution >= 0.6 is 0 Å². The predicted molar refractivity (Wildman–Crippen MR) is 140 cm³/mol. The molecule has 190 valence electrons. The fraction of sp³-hybridized carbons (Fsp3) is 0.577. The highest BCUT2D eigenvalue weighted by Crippen LogP contribution is 2.56. The first kappa shape index (κ1) is 25.4. The summed E-state index contributed by atoms with van der Waals surface area (Å²) in [6.45, 7) is 14.4. The van der Waals surface area contributed by atoms with E-state index < -0.39 is 25.3 Å². The summed E-state index contributed by atoms with van der Waals surface area (Å²) in [7, 11) is -1.72. The second-order valence-electron chi connectivity index (χ2n) is 12.2. The van der Waals surface area contributed by atoms with Gasteiger partial charge in [-0.15, -0.1) is 0 Å². The quantitative estimate of drug-likeness (QED) is 0.426. The minimum absolute atomic E-state index is 0.0593. The molecular weight excluding hydrogens is 458 g/mol. The van der Waals surface area contributed by atoms with E-state index in [1.807, 2.05) is 44.2 Å². The Morgan fingerprint density at radius 1 is 1.17 bits per heavy atom. The zero-order valence-electron chi connectivity index (χ0n) is 22.0. The van der Waals surface area contributed by atoms with Gasteiger partial charge in [-0.1, -0.05) is 56.4 Å². The van der Waals surface area contributed by atoms with Crippen molar-refractivity contribution < 1.29 is 14.7 Å². The SMILES string of the molecule is CC(C)(O)C(NC(=O)N1Cc2c(NC(=O)C3([Si](C)(C)C)CCC3)n[nH]c2C1(C)C)c1ccccc1. The lowest BCUT2D eigenvalue weighted by atomic mass is 9.83. The van der Waals surface area contributed by atoms with Gasteiger partial charge in [-0.05, 0) is 46.1 Å². The maximum atomic E-state index is 13.5. The summed E-state index contributed by atoms with van der Waals surface area (Å²) in [6.07, 6.45) is 2.94. The van der Waals surface area contributed by atoms with Crippen LogP contribution in [0.5, 0.6) is 0 Å². The molecule has 2 heterocycles. The molecule has 0 bridgehead atoms. The molecule has 9 heteroatoms. The summed E-state index contributed by atoms with van der Waals surface area (Å²) >= 11 is 0. The van der Waals surface area contributed by atoms with Crippen LogP contribution < -0.4 is 10.6 Å². The molecule has 1 aromatic heterocycles. The van der Waals surface area contributed by atoms with Crippen LogP contribution in [0.15, 0.2) is 30.3 Å². The third kappa shape index (κ3) is 4.29. The second-order valence-corrected chi connectivity index (χ2v) is 17.6. The van der Waals surface area contributed by atoms with E-state index in [1.165, 1.54) is 0 Å². The molecule has 2 aliphatic rings. The Kier molecular flexibility index (Phi) is 6.16. The van der Waals surface area contributed by atoms with Crippen LogP contribution in [0.3, 0.4) is 0 Å². The van der Waals surface area contributed by atoms with E-state index in [2.05, 4.69) is 40.5 Å². The lowest BCUT2D eigenvalue weighted by Crippen LogP contribution is -2.52. The molecule has 1 aliphatic heterocycles. The van der Waals surface area contributed by atoms with E-state index >= 15 is 0 Å². The topological polar surface area (TPSA) is 110 Å². The first-order valence-electron chi connectivity index (χ1n) is 12.4. The molecule has 1 aliphatic carbocycles. The van der Waals surface area contributed by atoms with Gasteiger partial charge in [-0.3, -0.25) is 9.89 Å². The molecule has 0 saturated heterocycles. The molecule has 0 radical (unpaired) electrons. The van der Waals surface area contributed by atoms with Crippen molar-refractivity contribution >= 4 is 25.8 Å². The molecule has 1 unspecified atom stereocenters. The molecule has 4 N–H and O–H groups in total. The van der Waals surface area contributed by atoms with Gasteiger partial charge in [0.15, 0.2) is 5.82 Å². The Balaban J connectivity index is 1.55. The van der Waals surface area contributed by atoms with E-state index in [-0.39, 0.29) is 17.0 Å². The number of nitrogens with zero attached hydrogens (tertiary/aromatic N) is 2. The van der Waals surface area contributed by atoms with Gasteiger partial charge in [0.05, 0.1) is 37.5 Å². The van der Waals surface area contributed by atoms with Crippen molar-refractivity contribution in [3.63, 3.8) is 0 Å². The summed E-state index contributed by atoms with van der Waals surface area (Å²) in [5.74, 6) is 0.573. The molecule has 1 fully saturated rings. The van der Waals surface area contributed by atoms with Gasteiger partial charge < -0.3 is 20.6 Å². The lowest BCUT2D eigenvalue weighted by Gasteiger charge is -2.48. The fourth-order valence-electron chi connectivity index (χ4n) is 5.53. The Bertz CT molecular complexity index is 1110. The molecule has 2 aromatic rings. The highest BCUT2D eigenvalue weighted by atomic mass is 28.3. The Morgan fingerprint density at radius 2 is 1.80 bits per heavy atom. The maximum Gasteiger partial charge on any atom is 0.319 e. The predicted octanol–water partition coefficient (Wildman–Crippen LogP) is 4.88. The van der Waals surface area contributed by atoms with Crippen LogP contribution in [0.4, 0.5) is 10.6 Å². The standard InChI is InChI=1S/C26H39N5O3Si/c1-24(2)20-18(21(30-29-20)28-22(32)26(14-11-15-26)35(5,6)7)16-31(24)23(33)27-19(25(3,4)34)17-12-9-8-10-13-17/h8-10,12-13,19,34H,11,14-16H2,1-7H3,(H,27,33)(H2,28,29,30,32). The number of anilines is 1. The lowest BCUT2D eigenvalue weighted by molar-refractivity contribution is -0.121. The van der Waals surface area contributed by atoms with Crippen molar-refractivity contribution in [2.24, 2.45) is 0 Å². The molecule has 1 saturated carbocycles. The first-order chi connectivity index (χ1) is 16.2. The highest BCUT2D eigenvalue weighted by Gasteiger charge is 2.54. The number of amides is 3. The Morgan fingerprint density at radius 3 is 2.31 bits per heavy atom. The average molecular weight is 498 g/mol. The van der Waals surface area contributed by atoms with E-state index in [4.69, 9.17) is 0 Å².